The molecule has 0 saturated carbocycles. The van der Waals surface area contributed by atoms with Gasteiger partial charge in [0, 0.05) is 24.2 Å². The highest BCUT2D eigenvalue weighted by Gasteiger charge is 2.13. The summed E-state index contributed by atoms with van der Waals surface area (Å²) in [6.07, 6.45) is 0.923. The van der Waals surface area contributed by atoms with Crippen LogP contribution in [-0.2, 0) is 9.59 Å². The van der Waals surface area contributed by atoms with Gasteiger partial charge in [0.25, 0.3) is 0 Å². The predicted octanol–water partition coefficient (Wildman–Crippen LogP) is 3.90. The number of carbonyl (C=O) groups is 2. The zero-order valence-corrected chi connectivity index (χ0v) is 15.8. The van der Waals surface area contributed by atoms with E-state index in [-0.39, 0.29) is 18.4 Å². The molecule has 0 heterocycles. The van der Waals surface area contributed by atoms with E-state index in [2.05, 4.69) is 5.32 Å². The van der Waals surface area contributed by atoms with Crippen molar-refractivity contribution < 1.29 is 14.3 Å². The topological polar surface area (TPSA) is 58.6 Å². The summed E-state index contributed by atoms with van der Waals surface area (Å²) < 4.78 is 5.60. The zero-order chi connectivity index (χ0) is 18.9. The van der Waals surface area contributed by atoms with Crippen molar-refractivity contribution in [2.24, 2.45) is 0 Å². The molecule has 26 heavy (non-hydrogen) atoms. The lowest BCUT2D eigenvalue weighted by molar-refractivity contribution is -0.133. The lowest BCUT2D eigenvalue weighted by Gasteiger charge is -2.17. The van der Waals surface area contributed by atoms with Gasteiger partial charge in [0.15, 0.2) is 0 Å². The van der Waals surface area contributed by atoms with E-state index in [9.17, 15) is 9.59 Å². The van der Waals surface area contributed by atoms with E-state index in [1.807, 2.05) is 31.2 Å². The summed E-state index contributed by atoms with van der Waals surface area (Å²) in [7, 11) is 1.62. The summed E-state index contributed by atoms with van der Waals surface area (Å²) in [4.78, 5) is 25.5. The first kappa shape index (κ1) is 19.8. The van der Waals surface area contributed by atoms with Crippen LogP contribution in [0.5, 0.6) is 5.75 Å². The van der Waals surface area contributed by atoms with Crippen molar-refractivity contribution in [2.75, 3.05) is 25.5 Å². The Labute approximate surface area is 158 Å². The summed E-state index contributed by atoms with van der Waals surface area (Å²) in [6.45, 7) is 2.47. The number of aryl methyl sites for hydroxylation is 1. The van der Waals surface area contributed by atoms with Crippen LogP contribution >= 0.6 is 11.6 Å². The molecule has 6 heteroatoms. The van der Waals surface area contributed by atoms with Crippen LogP contribution in [0.2, 0.25) is 5.02 Å². The number of benzene rings is 2. The van der Waals surface area contributed by atoms with Crippen LogP contribution in [0.3, 0.4) is 0 Å². The Morgan fingerprint density at radius 2 is 1.73 bits per heavy atom. The molecule has 0 bridgehead atoms. The molecule has 2 amide bonds. The molecule has 1 N–H and O–H groups in total. The lowest BCUT2D eigenvalue weighted by Crippen LogP contribution is -2.34. The van der Waals surface area contributed by atoms with Gasteiger partial charge < -0.3 is 15.0 Å². The van der Waals surface area contributed by atoms with Crippen LogP contribution in [0, 0.1) is 6.92 Å². The standard InChI is InChI=1S/C20H23ClN2O3/c1-15-5-11-18(12-6-15)26-13-3-4-20(25)23(2)14-19(24)22-17-9-7-16(21)8-10-17/h5-12H,3-4,13-14H2,1-2H3,(H,22,24). The van der Waals surface area contributed by atoms with Crippen molar-refractivity contribution in [1.82, 2.24) is 4.90 Å². The first-order chi connectivity index (χ1) is 12.4. The fourth-order valence-electron chi connectivity index (χ4n) is 2.28. The first-order valence-electron chi connectivity index (χ1n) is 8.43. The van der Waals surface area contributed by atoms with Gasteiger partial charge in [-0.05, 0) is 49.7 Å². The number of halogens is 1. The SMILES string of the molecule is Cc1ccc(OCCCC(=O)N(C)CC(=O)Nc2ccc(Cl)cc2)cc1. The molecule has 138 valence electrons. The minimum absolute atomic E-state index is 0.000277. The molecule has 5 nitrogen and oxygen atoms in total. The van der Waals surface area contributed by atoms with Gasteiger partial charge in [-0.1, -0.05) is 29.3 Å². The molecule has 0 saturated heterocycles. The number of carbonyl (C=O) groups excluding carboxylic acids is 2. The van der Waals surface area contributed by atoms with Crippen molar-refractivity contribution in [1.29, 1.82) is 0 Å². The molecule has 0 aliphatic rings. The van der Waals surface area contributed by atoms with Gasteiger partial charge in [0.1, 0.15) is 5.75 Å². The van der Waals surface area contributed by atoms with Gasteiger partial charge in [-0.25, -0.2) is 0 Å². The Morgan fingerprint density at radius 3 is 2.38 bits per heavy atom. The number of rotatable bonds is 8. The van der Waals surface area contributed by atoms with Crippen LogP contribution in [0.1, 0.15) is 18.4 Å². The average Bonchev–Trinajstić information content (AvgIpc) is 2.62. The molecule has 2 aromatic carbocycles. The van der Waals surface area contributed by atoms with E-state index >= 15 is 0 Å². The minimum Gasteiger partial charge on any atom is -0.494 e. The minimum atomic E-state index is -0.251. The Hall–Kier alpha value is -2.53. The molecule has 0 aliphatic heterocycles. The average molecular weight is 375 g/mol. The van der Waals surface area contributed by atoms with Crippen LogP contribution in [0.15, 0.2) is 48.5 Å². The Balaban J connectivity index is 1.67. The molecule has 0 spiro atoms. The number of anilines is 1. The second-order valence-corrected chi connectivity index (χ2v) is 6.51. The third kappa shape index (κ3) is 6.76. The van der Waals surface area contributed by atoms with E-state index in [0.29, 0.717) is 30.2 Å². The Bertz CT molecular complexity index is 730. The third-order valence-electron chi connectivity index (χ3n) is 3.76. The molecular weight excluding hydrogens is 352 g/mol. The summed E-state index contributed by atoms with van der Waals surface area (Å²) in [5.41, 5.74) is 1.82. The van der Waals surface area contributed by atoms with Crippen LogP contribution in [0.4, 0.5) is 5.69 Å². The van der Waals surface area contributed by atoms with E-state index in [4.69, 9.17) is 16.3 Å². The summed E-state index contributed by atoms with van der Waals surface area (Å²) >= 11 is 5.80. The van der Waals surface area contributed by atoms with Crippen molar-refractivity contribution in [2.45, 2.75) is 19.8 Å². The molecule has 0 atom stereocenters. The van der Waals surface area contributed by atoms with Gasteiger partial charge in [-0.3, -0.25) is 9.59 Å². The molecular formula is C20H23ClN2O3. The molecule has 0 radical (unpaired) electrons. The quantitative estimate of drug-likeness (QED) is 0.713. The fourth-order valence-corrected chi connectivity index (χ4v) is 2.40. The van der Waals surface area contributed by atoms with Crippen molar-refractivity contribution in [3.05, 3.63) is 59.1 Å². The zero-order valence-electron chi connectivity index (χ0n) is 15.0. The van der Waals surface area contributed by atoms with Crippen LogP contribution in [0.25, 0.3) is 0 Å². The number of hydrogen-bond donors (Lipinski definition) is 1. The number of nitrogens with one attached hydrogen (secondary N) is 1. The number of nitrogens with zero attached hydrogens (tertiary/aromatic N) is 1. The third-order valence-corrected chi connectivity index (χ3v) is 4.01. The largest absolute Gasteiger partial charge is 0.494 e. The monoisotopic (exact) mass is 374 g/mol. The predicted molar refractivity (Wildman–Crippen MR) is 104 cm³/mol. The van der Waals surface area contributed by atoms with Crippen molar-refractivity contribution in [3.8, 4) is 5.75 Å². The highest BCUT2D eigenvalue weighted by Crippen LogP contribution is 2.14. The van der Waals surface area contributed by atoms with Gasteiger partial charge >= 0.3 is 0 Å². The number of hydrogen-bond acceptors (Lipinski definition) is 3. The first-order valence-corrected chi connectivity index (χ1v) is 8.80. The number of ether oxygens (including phenoxy) is 1. The van der Waals surface area contributed by atoms with E-state index in [1.54, 1.807) is 31.3 Å². The normalized spacial score (nSPS) is 10.3. The lowest BCUT2D eigenvalue weighted by atomic mass is 10.2. The summed E-state index contributed by atoms with van der Waals surface area (Å²) in [5, 5.41) is 3.33. The number of likely N-dealkylation sites (N-methyl/N-ethyl adjacent to an activating group) is 1. The maximum Gasteiger partial charge on any atom is 0.243 e. The van der Waals surface area contributed by atoms with E-state index < -0.39 is 0 Å². The molecule has 0 fully saturated rings. The van der Waals surface area contributed by atoms with Gasteiger partial charge in [-0.2, -0.15) is 0 Å². The van der Waals surface area contributed by atoms with Crippen molar-refractivity contribution in [3.63, 3.8) is 0 Å². The highest BCUT2D eigenvalue weighted by atomic mass is 35.5. The van der Waals surface area contributed by atoms with Gasteiger partial charge in [-0.15, -0.1) is 0 Å². The van der Waals surface area contributed by atoms with Crippen LogP contribution in [-0.4, -0.2) is 36.9 Å². The second-order valence-electron chi connectivity index (χ2n) is 6.07. The van der Waals surface area contributed by atoms with Gasteiger partial charge in [0.05, 0.1) is 13.2 Å². The Morgan fingerprint density at radius 1 is 1.08 bits per heavy atom. The van der Waals surface area contributed by atoms with E-state index in [0.717, 1.165) is 5.75 Å². The van der Waals surface area contributed by atoms with E-state index in [1.165, 1.54) is 10.5 Å². The molecule has 2 aromatic rings. The summed E-state index contributed by atoms with van der Waals surface area (Å²) in [5.74, 6) is 0.446. The Kier molecular flexibility index (Phi) is 7.48. The maximum atomic E-state index is 12.1. The molecule has 0 aliphatic carbocycles. The molecule has 0 aromatic heterocycles. The van der Waals surface area contributed by atoms with Crippen molar-refractivity contribution >= 4 is 29.1 Å². The molecule has 0 unspecified atom stereocenters. The van der Waals surface area contributed by atoms with Crippen LogP contribution < -0.4 is 10.1 Å². The number of amides is 2. The smallest absolute Gasteiger partial charge is 0.243 e. The molecule has 2 rings (SSSR count). The highest BCUT2D eigenvalue weighted by molar-refractivity contribution is 6.30. The maximum absolute atomic E-state index is 12.1. The summed E-state index contributed by atoms with van der Waals surface area (Å²) in [6, 6.07) is 14.6. The van der Waals surface area contributed by atoms with Gasteiger partial charge in [0.2, 0.25) is 11.8 Å². The second kappa shape index (κ2) is 9.82. The fraction of sp³-hybridized carbons (Fsp3) is 0.300.